The minimum absolute atomic E-state index is 0.0919. The number of hydrogen-bond acceptors (Lipinski definition) is 7. The summed E-state index contributed by atoms with van der Waals surface area (Å²) in [5.41, 5.74) is 5.60. The Hall–Kier alpha value is -2.88. The van der Waals surface area contributed by atoms with Crippen molar-refractivity contribution >= 4 is 58.1 Å². The number of thioether (sulfide) groups is 1. The summed E-state index contributed by atoms with van der Waals surface area (Å²) in [5, 5.41) is 0.338. The summed E-state index contributed by atoms with van der Waals surface area (Å²) in [4.78, 5) is 37.3. The van der Waals surface area contributed by atoms with E-state index in [1.54, 1.807) is 30.3 Å². The molecule has 1 aliphatic heterocycles. The van der Waals surface area contributed by atoms with E-state index in [4.69, 9.17) is 43.1 Å². The van der Waals surface area contributed by atoms with Gasteiger partial charge in [-0.3, -0.25) is 19.3 Å². The topological polar surface area (TPSA) is 108 Å². The zero-order valence-corrected chi connectivity index (χ0v) is 19.1. The highest BCUT2D eigenvalue weighted by Crippen LogP contribution is 2.39. The monoisotopic (exact) mass is 496 g/mol. The van der Waals surface area contributed by atoms with Gasteiger partial charge >= 0.3 is 0 Å². The van der Waals surface area contributed by atoms with Crippen LogP contribution in [-0.2, 0) is 9.59 Å². The smallest absolute Gasteiger partial charge is 0.293 e. The van der Waals surface area contributed by atoms with Crippen molar-refractivity contribution in [2.75, 3.05) is 26.9 Å². The lowest BCUT2D eigenvalue weighted by molar-refractivity contribution is -0.123. The number of methoxy groups -OCH3 is 1. The van der Waals surface area contributed by atoms with Crippen molar-refractivity contribution in [2.45, 2.75) is 0 Å². The Labute approximate surface area is 198 Å². The van der Waals surface area contributed by atoms with Gasteiger partial charge in [0.25, 0.3) is 17.1 Å². The van der Waals surface area contributed by atoms with Gasteiger partial charge in [0.05, 0.1) is 23.6 Å². The molecule has 1 saturated heterocycles. The minimum atomic E-state index is -0.666. The fourth-order valence-corrected chi connectivity index (χ4v) is 4.00. The van der Waals surface area contributed by atoms with Crippen molar-refractivity contribution in [3.05, 3.63) is 56.9 Å². The van der Waals surface area contributed by atoms with E-state index < -0.39 is 17.1 Å². The van der Waals surface area contributed by atoms with E-state index in [0.717, 1.165) is 16.7 Å². The molecule has 1 aliphatic rings. The quantitative estimate of drug-likeness (QED) is 0.522. The zero-order valence-electron chi connectivity index (χ0n) is 16.8. The van der Waals surface area contributed by atoms with Crippen LogP contribution in [0.2, 0.25) is 10.0 Å². The van der Waals surface area contributed by atoms with Crippen LogP contribution in [0.3, 0.4) is 0 Å². The van der Waals surface area contributed by atoms with E-state index in [-0.39, 0.29) is 41.2 Å². The molecule has 2 aromatic carbocycles. The highest BCUT2D eigenvalue weighted by atomic mass is 35.5. The third-order valence-corrected chi connectivity index (χ3v) is 5.62. The first-order valence-electron chi connectivity index (χ1n) is 9.21. The summed E-state index contributed by atoms with van der Waals surface area (Å²) in [6.45, 7) is -0.139. The van der Waals surface area contributed by atoms with Crippen LogP contribution in [0.5, 0.6) is 17.2 Å². The Balaban J connectivity index is 1.70. The first-order chi connectivity index (χ1) is 15.3. The Kier molecular flexibility index (Phi) is 7.89. The number of amides is 3. The maximum Gasteiger partial charge on any atom is 0.293 e. The maximum atomic E-state index is 12.7. The lowest BCUT2D eigenvalue weighted by Gasteiger charge is -2.13. The number of carbonyl (C=O) groups excluding carboxylic acids is 3. The number of benzene rings is 2. The molecule has 168 valence electrons. The number of carbonyl (C=O) groups is 3. The number of nitrogens with two attached hydrogens (primary N) is 1. The number of imide groups is 1. The van der Waals surface area contributed by atoms with E-state index in [1.165, 1.54) is 19.3 Å². The molecule has 11 heteroatoms. The molecule has 0 unspecified atom stereocenters. The molecule has 32 heavy (non-hydrogen) atoms. The number of primary amides is 1. The van der Waals surface area contributed by atoms with Crippen molar-refractivity contribution in [3.63, 3.8) is 0 Å². The van der Waals surface area contributed by atoms with Crippen molar-refractivity contribution in [1.29, 1.82) is 0 Å². The Bertz CT molecular complexity index is 1070. The van der Waals surface area contributed by atoms with Crippen LogP contribution in [0.1, 0.15) is 5.56 Å². The summed E-state index contributed by atoms with van der Waals surface area (Å²) in [5.74, 6) is -0.125. The number of halogens is 2. The third kappa shape index (κ3) is 5.87. The lowest BCUT2D eigenvalue weighted by atomic mass is 10.1. The lowest BCUT2D eigenvalue weighted by Crippen LogP contribution is -2.32. The maximum absolute atomic E-state index is 12.7. The van der Waals surface area contributed by atoms with Gasteiger partial charge in [-0.15, -0.1) is 0 Å². The molecule has 0 saturated carbocycles. The van der Waals surface area contributed by atoms with Crippen molar-refractivity contribution in [1.82, 2.24) is 4.90 Å². The fraction of sp³-hybridized carbons (Fsp3) is 0.190. The predicted octanol–water partition coefficient (Wildman–Crippen LogP) is 3.98. The second kappa shape index (κ2) is 10.6. The average Bonchev–Trinajstić information content (AvgIpc) is 3.01. The molecule has 0 bridgehead atoms. The highest BCUT2D eigenvalue weighted by molar-refractivity contribution is 8.18. The minimum Gasteiger partial charge on any atom is -0.493 e. The number of ether oxygens (including phenoxy) is 3. The Morgan fingerprint density at radius 3 is 2.53 bits per heavy atom. The van der Waals surface area contributed by atoms with Crippen LogP contribution in [-0.4, -0.2) is 48.8 Å². The zero-order chi connectivity index (χ0) is 23.3. The SMILES string of the molecule is COc1cc(/C=C2\SC(=O)N(CCOc3ccc(Cl)cc3)C2=O)cc(Cl)c1OCC(N)=O. The number of rotatable bonds is 9. The first-order valence-corrected chi connectivity index (χ1v) is 10.8. The predicted molar refractivity (Wildman–Crippen MR) is 122 cm³/mol. The summed E-state index contributed by atoms with van der Waals surface area (Å²) in [6.07, 6.45) is 1.53. The summed E-state index contributed by atoms with van der Waals surface area (Å²) in [6, 6.07) is 9.86. The first kappa shape index (κ1) is 23.8. The van der Waals surface area contributed by atoms with Crippen LogP contribution >= 0.6 is 35.0 Å². The molecule has 8 nitrogen and oxygen atoms in total. The third-order valence-electron chi connectivity index (χ3n) is 4.18. The molecule has 1 fully saturated rings. The van der Waals surface area contributed by atoms with Gasteiger partial charge in [-0.2, -0.15) is 0 Å². The van der Waals surface area contributed by atoms with E-state index in [2.05, 4.69) is 0 Å². The molecule has 0 atom stereocenters. The van der Waals surface area contributed by atoms with Crippen LogP contribution in [0.25, 0.3) is 6.08 Å². The second-order valence-corrected chi connectivity index (χ2v) is 8.26. The Morgan fingerprint density at radius 1 is 1.16 bits per heavy atom. The summed E-state index contributed by atoms with van der Waals surface area (Å²) >= 11 is 12.9. The van der Waals surface area contributed by atoms with E-state index in [9.17, 15) is 14.4 Å². The van der Waals surface area contributed by atoms with E-state index in [0.29, 0.717) is 16.3 Å². The number of hydrogen-bond donors (Lipinski definition) is 1. The van der Waals surface area contributed by atoms with Gasteiger partial charge in [-0.25, -0.2) is 0 Å². The number of nitrogens with zero attached hydrogens (tertiary/aromatic N) is 1. The van der Waals surface area contributed by atoms with Crippen LogP contribution in [0.4, 0.5) is 4.79 Å². The van der Waals surface area contributed by atoms with E-state index >= 15 is 0 Å². The van der Waals surface area contributed by atoms with Gasteiger partial charge < -0.3 is 19.9 Å². The average molecular weight is 497 g/mol. The largest absolute Gasteiger partial charge is 0.493 e. The van der Waals surface area contributed by atoms with Crippen LogP contribution < -0.4 is 19.9 Å². The molecule has 2 aromatic rings. The van der Waals surface area contributed by atoms with Gasteiger partial charge in [0, 0.05) is 5.02 Å². The summed E-state index contributed by atoms with van der Waals surface area (Å²) in [7, 11) is 1.40. The van der Waals surface area contributed by atoms with Gasteiger partial charge in [-0.05, 0) is 59.8 Å². The molecular weight excluding hydrogens is 479 g/mol. The molecule has 1 heterocycles. The molecule has 3 amide bonds. The molecule has 0 radical (unpaired) electrons. The normalized spacial score (nSPS) is 14.7. The van der Waals surface area contributed by atoms with Gasteiger partial charge in [0.2, 0.25) is 0 Å². The standard InChI is InChI=1S/C21H18Cl2N2O6S/c1-29-16-9-12(8-15(23)19(16)31-11-18(24)26)10-17-20(27)25(21(28)32-17)6-7-30-14-4-2-13(22)3-5-14/h2-5,8-10H,6-7,11H2,1H3,(H2,24,26)/b17-10-. The summed E-state index contributed by atoms with van der Waals surface area (Å²) < 4.78 is 16.1. The molecule has 0 spiro atoms. The van der Waals surface area contributed by atoms with Crippen molar-refractivity contribution in [2.24, 2.45) is 5.73 Å². The van der Waals surface area contributed by atoms with Crippen LogP contribution in [0, 0.1) is 0 Å². The van der Waals surface area contributed by atoms with E-state index in [1.807, 2.05) is 0 Å². The van der Waals surface area contributed by atoms with Crippen molar-refractivity contribution in [3.8, 4) is 17.2 Å². The van der Waals surface area contributed by atoms with Gasteiger partial charge in [0.1, 0.15) is 12.4 Å². The second-order valence-electron chi connectivity index (χ2n) is 6.42. The molecule has 0 aromatic heterocycles. The molecular formula is C21H18Cl2N2O6S. The van der Waals surface area contributed by atoms with Crippen LogP contribution in [0.15, 0.2) is 41.3 Å². The fourth-order valence-electron chi connectivity index (χ4n) is 2.74. The molecule has 3 rings (SSSR count). The Morgan fingerprint density at radius 2 is 1.88 bits per heavy atom. The van der Waals surface area contributed by atoms with Gasteiger partial charge in [-0.1, -0.05) is 23.2 Å². The molecule has 0 aliphatic carbocycles. The highest BCUT2D eigenvalue weighted by Gasteiger charge is 2.35. The molecule has 2 N–H and O–H groups in total. The van der Waals surface area contributed by atoms with Gasteiger partial charge in [0.15, 0.2) is 18.1 Å². The van der Waals surface area contributed by atoms with Crippen molar-refractivity contribution < 1.29 is 28.6 Å².